The van der Waals surface area contributed by atoms with Crippen LogP contribution in [0.1, 0.15) is 42.1 Å². The van der Waals surface area contributed by atoms with Crippen LogP contribution in [-0.2, 0) is 12.6 Å². The molecular formula is C29H28F4N6O2. The first-order chi connectivity index (χ1) is 19.7. The van der Waals surface area contributed by atoms with Gasteiger partial charge in [0.1, 0.15) is 18.2 Å². The summed E-state index contributed by atoms with van der Waals surface area (Å²) in [7, 11) is 3.17. The molecule has 2 aromatic heterocycles. The van der Waals surface area contributed by atoms with Gasteiger partial charge in [0.05, 0.1) is 42.6 Å². The Morgan fingerprint density at radius 2 is 1.95 bits per heavy atom. The Morgan fingerprint density at radius 1 is 1.12 bits per heavy atom. The molecule has 12 heteroatoms. The largest absolute Gasteiger partial charge is 0.494 e. The number of ether oxygens (including phenoxy) is 2. The van der Waals surface area contributed by atoms with Gasteiger partial charge in [-0.05, 0) is 48.2 Å². The van der Waals surface area contributed by atoms with Gasteiger partial charge in [0.15, 0.2) is 11.6 Å². The van der Waals surface area contributed by atoms with Crippen LogP contribution in [0.25, 0.3) is 5.69 Å². The number of nitrogens with one attached hydrogen (secondary N) is 1. The van der Waals surface area contributed by atoms with Crippen molar-refractivity contribution in [3.05, 3.63) is 77.8 Å². The summed E-state index contributed by atoms with van der Waals surface area (Å²) in [5.74, 6) is 1.34. The Kier molecular flexibility index (Phi) is 6.92. The van der Waals surface area contributed by atoms with E-state index >= 15 is 0 Å². The maximum Gasteiger partial charge on any atom is 0.416 e. The Morgan fingerprint density at radius 3 is 2.68 bits per heavy atom. The van der Waals surface area contributed by atoms with Crippen LogP contribution in [0.15, 0.2) is 55.1 Å². The van der Waals surface area contributed by atoms with Crippen molar-refractivity contribution in [2.45, 2.75) is 37.9 Å². The number of methoxy groups -OCH3 is 1. The highest BCUT2D eigenvalue weighted by molar-refractivity contribution is 5.64. The van der Waals surface area contributed by atoms with Gasteiger partial charge in [-0.3, -0.25) is 0 Å². The van der Waals surface area contributed by atoms with E-state index in [4.69, 9.17) is 9.47 Å². The predicted octanol–water partition coefficient (Wildman–Crippen LogP) is 6.48. The number of aromatic nitrogens is 4. The Balaban J connectivity index is 1.23. The standard InChI is InChI=1S/C29H28F4N6O2/c1-38-24(21-11-18(30)6-8-22(21)29(31,32)33)15-41-26-13-34-28(37-27(26)38)36-19-7-9-23(25(12-19)40-2)39-14-20(35-16-39)10-17-4-3-5-17/h6-9,11-14,16-17,24H,3-5,10,15H2,1-2H3,(H,34,36,37). The monoisotopic (exact) mass is 568 g/mol. The smallest absolute Gasteiger partial charge is 0.416 e. The second-order valence-electron chi connectivity index (χ2n) is 10.3. The Bertz CT molecular complexity index is 1570. The number of imidazole rings is 1. The number of likely N-dealkylation sites (N-methyl/N-ethyl adjacent to an activating group) is 1. The van der Waals surface area contributed by atoms with Crippen LogP contribution in [-0.4, -0.2) is 40.3 Å². The lowest BCUT2D eigenvalue weighted by Gasteiger charge is -2.36. The molecule has 41 heavy (non-hydrogen) atoms. The van der Waals surface area contributed by atoms with Crippen LogP contribution in [0, 0.1) is 11.7 Å². The molecule has 1 fully saturated rings. The third kappa shape index (κ3) is 5.38. The van der Waals surface area contributed by atoms with Crippen LogP contribution >= 0.6 is 0 Å². The zero-order valence-corrected chi connectivity index (χ0v) is 22.5. The number of anilines is 3. The van der Waals surface area contributed by atoms with Gasteiger partial charge in [0.25, 0.3) is 0 Å². The first kappa shape index (κ1) is 26.9. The van der Waals surface area contributed by atoms with Crippen LogP contribution in [0.3, 0.4) is 0 Å². The first-order valence-corrected chi connectivity index (χ1v) is 13.3. The van der Waals surface area contributed by atoms with E-state index in [2.05, 4.69) is 20.3 Å². The molecule has 6 rings (SSSR count). The minimum absolute atomic E-state index is 0.124. The summed E-state index contributed by atoms with van der Waals surface area (Å²) in [6, 6.07) is 7.06. The second kappa shape index (κ2) is 10.6. The molecule has 2 aliphatic rings. The van der Waals surface area contributed by atoms with E-state index in [-0.39, 0.29) is 23.9 Å². The molecule has 1 N–H and O–H groups in total. The maximum absolute atomic E-state index is 14.0. The van der Waals surface area contributed by atoms with E-state index in [0.29, 0.717) is 23.1 Å². The topological polar surface area (TPSA) is 77.3 Å². The number of nitrogens with zero attached hydrogens (tertiary/aromatic N) is 5. The average Bonchev–Trinajstić information content (AvgIpc) is 3.39. The van der Waals surface area contributed by atoms with Gasteiger partial charge in [-0.2, -0.15) is 18.2 Å². The molecule has 3 heterocycles. The Hall–Kier alpha value is -4.35. The van der Waals surface area contributed by atoms with E-state index in [9.17, 15) is 17.6 Å². The summed E-state index contributed by atoms with van der Waals surface area (Å²) in [5, 5.41) is 3.12. The summed E-state index contributed by atoms with van der Waals surface area (Å²) >= 11 is 0. The molecule has 1 aliphatic heterocycles. The molecule has 1 saturated carbocycles. The molecule has 2 aromatic carbocycles. The van der Waals surface area contributed by atoms with Crippen LogP contribution in [0.5, 0.6) is 11.5 Å². The molecule has 4 aromatic rings. The number of fused-ring (bicyclic) bond motifs is 1. The summed E-state index contributed by atoms with van der Waals surface area (Å²) in [6.45, 7) is -0.124. The predicted molar refractivity (Wildman–Crippen MR) is 145 cm³/mol. The fourth-order valence-electron chi connectivity index (χ4n) is 5.26. The summed E-state index contributed by atoms with van der Waals surface area (Å²) in [4.78, 5) is 14.9. The summed E-state index contributed by atoms with van der Waals surface area (Å²) in [5.41, 5.74) is 1.36. The quantitative estimate of drug-likeness (QED) is 0.256. The molecule has 1 atom stereocenters. The minimum Gasteiger partial charge on any atom is -0.494 e. The lowest BCUT2D eigenvalue weighted by Crippen LogP contribution is -2.35. The molecule has 0 spiro atoms. The number of hydrogen-bond donors (Lipinski definition) is 1. The fourth-order valence-corrected chi connectivity index (χ4v) is 5.26. The van der Waals surface area contributed by atoms with Crippen LogP contribution < -0.4 is 19.7 Å². The van der Waals surface area contributed by atoms with Gasteiger partial charge < -0.3 is 24.3 Å². The van der Waals surface area contributed by atoms with Crippen molar-refractivity contribution in [2.75, 3.05) is 31.0 Å². The van der Waals surface area contributed by atoms with Gasteiger partial charge in [-0.15, -0.1) is 0 Å². The molecule has 214 valence electrons. The summed E-state index contributed by atoms with van der Waals surface area (Å²) in [6.07, 6.45) is 5.37. The van der Waals surface area contributed by atoms with E-state index in [0.717, 1.165) is 36.0 Å². The second-order valence-corrected chi connectivity index (χ2v) is 10.3. The van der Waals surface area contributed by atoms with E-state index in [1.54, 1.807) is 31.5 Å². The number of alkyl halides is 3. The van der Waals surface area contributed by atoms with Crippen molar-refractivity contribution in [3.63, 3.8) is 0 Å². The number of hydrogen-bond acceptors (Lipinski definition) is 7. The number of halogens is 4. The van der Waals surface area contributed by atoms with Crippen molar-refractivity contribution in [3.8, 4) is 17.2 Å². The van der Waals surface area contributed by atoms with Crippen LogP contribution in [0.4, 0.5) is 35.0 Å². The first-order valence-electron chi connectivity index (χ1n) is 13.3. The van der Waals surface area contributed by atoms with Crippen molar-refractivity contribution in [2.24, 2.45) is 5.92 Å². The maximum atomic E-state index is 14.0. The molecule has 0 bridgehead atoms. The minimum atomic E-state index is -4.65. The van der Waals surface area contributed by atoms with E-state index < -0.39 is 23.6 Å². The highest BCUT2D eigenvalue weighted by Crippen LogP contribution is 2.42. The van der Waals surface area contributed by atoms with Gasteiger partial charge in [0, 0.05) is 25.0 Å². The molecular weight excluding hydrogens is 540 g/mol. The zero-order valence-electron chi connectivity index (χ0n) is 22.5. The van der Waals surface area contributed by atoms with E-state index in [1.165, 1.54) is 25.5 Å². The van der Waals surface area contributed by atoms with Crippen LogP contribution in [0.2, 0.25) is 0 Å². The van der Waals surface area contributed by atoms with Crippen molar-refractivity contribution < 1.29 is 27.0 Å². The van der Waals surface area contributed by atoms with Gasteiger partial charge in [0.2, 0.25) is 5.95 Å². The lowest BCUT2D eigenvalue weighted by molar-refractivity contribution is -0.138. The molecule has 0 saturated heterocycles. The summed E-state index contributed by atoms with van der Waals surface area (Å²) < 4.78 is 68.4. The van der Waals surface area contributed by atoms with Crippen molar-refractivity contribution >= 4 is 17.5 Å². The van der Waals surface area contributed by atoms with Crippen molar-refractivity contribution in [1.82, 2.24) is 19.5 Å². The normalized spacial score (nSPS) is 17.0. The SMILES string of the molecule is COc1cc(Nc2ncc3c(n2)N(C)C(c2cc(F)ccc2C(F)(F)F)CO3)ccc1-n1cnc(CC2CCC2)c1. The molecule has 0 radical (unpaired) electrons. The highest BCUT2D eigenvalue weighted by atomic mass is 19.4. The van der Waals surface area contributed by atoms with Gasteiger partial charge >= 0.3 is 6.18 Å². The third-order valence-corrected chi connectivity index (χ3v) is 7.69. The highest BCUT2D eigenvalue weighted by Gasteiger charge is 2.38. The number of benzene rings is 2. The van der Waals surface area contributed by atoms with Gasteiger partial charge in [-0.1, -0.05) is 19.3 Å². The molecule has 8 nitrogen and oxygen atoms in total. The molecule has 1 aliphatic carbocycles. The molecule has 0 amide bonds. The zero-order chi connectivity index (χ0) is 28.7. The average molecular weight is 569 g/mol. The van der Waals surface area contributed by atoms with Crippen molar-refractivity contribution in [1.29, 1.82) is 0 Å². The Labute approximate surface area is 234 Å². The van der Waals surface area contributed by atoms with Gasteiger partial charge in [-0.25, -0.2) is 14.4 Å². The number of rotatable bonds is 7. The fraction of sp³-hybridized carbons (Fsp3) is 0.345. The molecule has 1 unspecified atom stereocenters. The lowest BCUT2D eigenvalue weighted by atomic mass is 9.82. The third-order valence-electron chi connectivity index (χ3n) is 7.69. The van der Waals surface area contributed by atoms with E-state index in [1.807, 2.05) is 22.9 Å².